The van der Waals surface area contributed by atoms with Crippen LogP contribution in [0, 0.1) is 0 Å². The molecule has 222 valence electrons. The molecule has 8 nitrogen and oxygen atoms in total. The summed E-state index contributed by atoms with van der Waals surface area (Å²) < 4.78 is 11.1. The van der Waals surface area contributed by atoms with Gasteiger partial charge >= 0.3 is 0 Å². The SMILES string of the molecule is CC(CCCCCCCCCCCCCCCC(O)CCCN(C)C)OC1OC(CO)C(O)C(O)C1O. The van der Waals surface area contributed by atoms with Crippen molar-refractivity contribution in [2.24, 2.45) is 0 Å². The van der Waals surface area contributed by atoms with Gasteiger partial charge in [-0.05, 0) is 53.2 Å². The van der Waals surface area contributed by atoms with Crippen LogP contribution in [0.25, 0.3) is 0 Å². The van der Waals surface area contributed by atoms with Crippen LogP contribution < -0.4 is 0 Å². The Kier molecular flexibility index (Phi) is 20.2. The average Bonchev–Trinajstić information content (AvgIpc) is 2.86. The number of aliphatic hydroxyl groups excluding tert-OH is 5. The Hall–Kier alpha value is -0.320. The first-order valence-electron chi connectivity index (χ1n) is 15.0. The van der Waals surface area contributed by atoms with Crippen LogP contribution in [0.4, 0.5) is 0 Å². The van der Waals surface area contributed by atoms with Gasteiger partial charge in [-0.3, -0.25) is 0 Å². The molecule has 0 saturated carbocycles. The molecule has 0 radical (unpaired) electrons. The third-order valence-corrected chi connectivity index (χ3v) is 7.51. The number of rotatable bonds is 23. The molecular weight excluding hydrogens is 474 g/mol. The van der Waals surface area contributed by atoms with Crippen LogP contribution >= 0.6 is 0 Å². The lowest BCUT2D eigenvalue weighted by molar-refractivity contribution is -0.310. The van der Waals surface area contributed by atoms with Crippen molar-refractivity contribution >= 4 is 0 Å². The Morgan fingerprint density at radius 1 is 0.676 bits per heavy atom. The van der Waals surface area contributed by atoms with E-state index < -0.39 is 37.3 Å². The summed E-state index contributed by atoms with van der Waals surface area (Å²) in [6.45, 7) is 2.53. The highest BCUT2D eigenvalue weighted by Gasteiger charge is 2.44. The second-order valence-electron chi connectivity index (χ2n) is 11.4. The summed E-state index contributed by atoms with van der Waals surface area (Å²) in [5.41, 5.74) is 0. The molecule has 1 fully saturated rings. The van der Waals surface area contributed by atoms with E-state index in [1.807, 2.05) is 6.92 Å². The zero-order valence-electron chi connectivity index (χ0n) is 24.0. The molecule has 0 bridgehead atoms. The maximum atomic E-state index is 10.1. The van der Waals surface area contributed by atoms with E-state index in [4.69, 9.17) is 9.47 Å². The molecule has 0 aromatic rings. The molecule has 0 aromatic carbocycles. The van der Waals surface area contributed by atoms with Gasteiger partial charge in [0.2, 0.25) is 0 Å². The Morgan fingerprint density at radius 3 is 1.62 bits per heavy atom. The van der Waals surface area contributed by atoms with E-state index in [2.05, 4.69) is 19.0 Å². The molecule has 7 unspecified atom stereocenters. The van der Waals surface area contributed by atoms with Crippen molar-refractivity contribution in [1.82, 2.24) is 4.90 Å². The number of unbranched alkanes of at least 4 members (excludes halogenated alkanes) is 12. The fourth-order valence-electron chi connectivity index (χ4n) is 5.02. The summed E-state index contributed by atoms with van der Waals surface area (Å²) in [7, 11) is 4.16. The number of nitrogens with zero attached hydrogens (tertiary/aromatic N) is 1. The third-order valence-electron chi connectivity index (χ3n) is 7.51. The highest BCUT2D eigenvalue weighted by molar-refractivity contribution is 4.89. The number of ether oxygens (including phenoxy) is 2. The summed E-state index contributed by atoms with van der Waals surface area (Å²) in [6, 6.07) is 0. The van der Waals surface area contributed by atoms with Crippen LogP contribution in [0.2, 0.25) is 0 Å². The molecule has 1 saturated heterocycles. The molecule has 5 N–H and O–H groups in total. The van der Waals surface area contributed by atoms with Gasteiger partial charge in [0, 0.05) is 0 Å². The molecule has 0 aromatic heterocycles. The minimum atomic E-state index is -1.39. The fraction of sp³-hybridized carbons (Fsp3) is 1.00. The first-order chi connectivity index (χ1) is 17.8. The molecule has 1 heterocycles. The zero-order chi connectivity index (χ0) is 27.5. The van der Waals surface area contributed by atoms with Gasteiger partial charge in [0.25, 0.3) is 0 Å². The second kappa shape index (κ2) is 21.5. The van der Waals surface area contributed by atoms with Crippen molar-refractivity contribution < 1.29 is 35.0 Å². The van der Waals surface area contributed by atoms with Gasteiger partial charge in [-0.25, -0.2) is 0 Å². The Morgan fingerprint density at radius 2 is 1.14 bits per heavy atom. The van der Waals surface area contributed by atoms with E-state index in [0.717, 1.165) is 51.5 Å². The van der Waals surface area contributed by atoms with E-state index in [9.17, 15) is 25.5 Å². The van der Waals surface area contributed by atoms with E-state index in [0.29, 0.717) is 0 Å². The van der Waals surface area contributed by atoms with Crippen molar-refractivity contribution in [1.29, 1.82) is 0 Å². The average molecular weight is 534 g/mol. The lowest BCUT2D eigenvalue weighted by atomic mass is 9.99. The molecule has 1 aliphatic rings. The van der Waals surface area contributed by atoms with Crippen molar-refractivity contribution in [2.45, 2.75) is 159 Å². The largest absolute Gasteiger partial charge is 0.394 e. The molecule has 1 aliphatic heterocycles. The van der Waals surface area contributed by atoms with E-state index in [1.165, 1.54) is 64.2 Å². The van der Waals surface area contributed by atoms with Crippen LogP contribution in [-0.4, -0.2) is 101 Å². The molecule has 0 amide bonds. The van der Waals surface area contributed by atoms with Gasteiger partial charge in [-0.15, -0.1) is 0 Å². The van der Waals surface area contributed by atoms with Gasteiger partial charge in [0.05, 0.1) is 18.8 Å². The molecule has 0 spiro atoms. The third kappa shape index (κ3) is 16.4. The normalized spacial score (nSPS) is 26.0. The van der Waals surface area contributed by atoms with Crippen LogP contribution in [0.3, 0.4) is 0 Å². The predicted molar refractivity (Wildman–Crippen MR) is 147 cm³/mol. The highest BCUT2D eigenvalue weighted by atomic mass is 16.7. The summed E-state index contributed by atoms with van der Waals surface area (Å²) in [4.78, 5) is 2.17. The fourth-order valence-corrected chi connectivity index (χ4v) is 5.02. The first kappa shape index (κ1) is 34.7. The van der Waals surface area contributed by atoms with Gasteiger partial charge in [0.15, 0.2) is 6.29 Å². The molecule has 7 atom stereocenters. The molecule has 1 rings (SSSR count). The van der Waals surface area contributed by atoms with Gasteiger partial charge < -0.3 is 39.9 Å². The van der Waals surface area contributed by atoms with E-state index in [1.54, 1.807) is 0 Å². The van der Waals surface area contributed by atoms with Gasteiger partial charge in [-0.2, -0.15) is 0 Å². The quantitative estimate of drug-likeness (QED) is 0.126. The van der Waals surface area contributed by atoms with Gasteiger partial charge in [-0.1, -0.05) is 83.5 Å². The van der Waals surface area contributed by atoms with Crippen molar-refractivity contribution in [3.63, 3.8) is 0 Å². The van der Waals surface area contributed by atoms with Gasteiger partial charge in [0.1, 0.15) is 24.4 Å². The first-order valence-corrected chi connectivity index (χ1v) is 15.0. The monoisotopic (exact) mass is 533 g/mol. The molecule has 8 heteroatoms. The number of hydrogen-bond acceptors (Lipinski definition) is 8. The van der Waals surface area contributed by atoms with Crippen LogP contribution in [-0.2, 0) is 9.47 Å². The lowest BCUT2D eigenvalue weighted by Gasteiger charge is -2.40. The van der Waals surface area contributed by atoms with Crippen LogP contribution in [0.5, 0.6) is 0 Å². The Labute approximate surface area is 226 Å². The van der Waals surface area contributed by atoms with Crippen molar-refractivity contribution in [2.75, 3.05) is 27.2 Å². The maximum absolute atomic E-state index is 10.1. The predicted octanol–water partition coefficient (Wildman–Crippen LogP) is 3.75. The molecule has 0 aliphatic carbocycles. The standard InChI is InChI=1S/C29H59NO7/c1-23(36-29-28(35)27(34)26(33)25(22-31)37-29)18-15-13-11-9-7-5-4-6-8-10-12-14-16-19-24(32)20-17-21-30(2)3/h23-29,31-35H,4-22H2,1-3H3. The van der Waals surface area contributed by atoms with E-state index in [-0.39, 0.29) is 12.2 Å². The minimum absolute atomic E-state index is 0.117. The highest BCUT2D eigenvalue weighted by Crippen LogP contribution is 2.24. The molecule has 37 heavy (non-hydrogen) atoms. The summed E-state index contributed by atoms with van der Waals surface area (Å²) in [5.74, 6) is 0. The maximum Gasteiger partial charge on any atom is 0.186 e. The van der Waals surface area contributed by atoms with Crippen LogP contribution in [0.15, 0.2) is 0 Å². The zero-order valence-corrected chi connectivity index (χ0v) is 24.0. The number of hydrogen-bond donors (Lipinski definition) is 5. The lowest BCUT2D eigenvalue weighted by Crippen LogP contribution is -2.59. The Balaban J connectivity index is 1.87. The minimum Gasteiger partial charge on any atom is -0.394 e. The van der Waals surface area contributed by atoms with Crippen LogP contribution in [0.1, 0.15) is 116 Å². The number of aliphatic hydroxyl groups is 5. The summed E-state index contributed by atoms with van der Waals surface area (Å²) >= 11 is 0. The van der Waals surface area contributed by atoms with E-state index >= 15 is 0 Å². The summed E-state index contributed by atoms with van der Waals surface area (Å²) in [6.07, 6.45) is 13.8. The summed E-state index contributed by atoms with van der Waals surface area (Å²) in [5, 5.41) is 49.1. The smallest absolute Gasteiger partial charge is 0.186 e. The van der Waals surface area contributed by atoms with Crippen molar-refractivity contribution in [3.8, 4) is 0 Å². The topological polar surface area (TPSA) is 123 Å². The molecular formula is C29H59NO7. The second-order valence-corrected chi connectivity index (χ2v) is 11.4. The van der Waals surface area contributed by atoms with Crippen molar-refractivity contribution in [3.05, 3.63) is 0 Å². The Bertz CT molecular complexity index is 522.